The van der Waals surface area contributed by atoms with Crippen molar-refractivity contribution >= 4 is 17.3 Å². The fourth-order valence-electron chi connectivity index (χ4n) is 2.67. The predicted molar refractivity (Wildman–Crippen MR) is 108 cm³/mol. The summed E-state index contributed by atoms with van der Waals surface area (Å²) in [6, 6.07) is 24.9. The topological polar surface area (TPSA) is 73.1 Å². The van der Waals surface area contributed by atoms with Gasteiger partial charge in [-0.05, 0) is 48.5 Å². The highest BCUT2D eigenvalue weighted by Crippen LogP contribution is 2.26. The summed E-state index contributed by atoms with van der Waals surface area (Å²) in [4.78, 5) is 8.51. The minimum atomic E-state index is -0.401. The summed E-state index contributed by atoms with van der Waals surface area (Å²) in [5, 5.41) is 3.16. The second kappa shape index (κ2) is 7.75. The van der Waals surface area contributed by atoms with Crippen molar-refractivity contribution in [2.75, 3.05) is 11.1 Å². The molecule has 0 amide bonds. The fraction of sp³-hybridized carbons (Fsp3) is 0. The van der Waals surface area contributed by atoms with E-state index in [9.17, 15) is 4.39 Å². The Morgan fingerprint density at radius 2 is 1.46 bits per heavy atom. The highest BCUT2D eigenvalue weighted by atomic mass is 19.1. The Hall–Kier alpha value is -3.93. The van der Waals surface area contributed by atoms with Crippen LogP contribution in [0.4, 0.5) is 21.7 Å². The summed E-state index contributed by atoms with van der Waals surface area (Å²) < 4.78 is 19.8. The Bertz CT molecular complexity index is 1090. The molecule has 0 atom stereocenters. The van der Waals surface area contributed by atoms with Crippen molar-refractivity contribution < 1.29 is 9.13 Å². The quantitative estimate of drug-likeness (QED) is 0.491. The number of para-hydroxylation sites is 1. The summed E-state index contributed by atoms with van der Waals surface area (Å²) in [7, 11) is 0. The predicted octanol–water partition coefficient (Wildman–Crippen LogP) is 5.40. The van der Waals surface area contributed by atoms with Gasteiger partial charge in [0.25, 0.3) is 0 Å². The van der Waals surface area contributed by atoms with E-state index in [1.54, 1.807) is 24.3 Å². The van der Waals surface area contributed by atoms with Crippen LogP contribution < -0.4 is 15.8 Å². The van der Waals surface area contributed by atoms with E-state index < -0.39 is 5.82 Å². The molecule has 5 nitrogen and oxygen atoms in total. The van der Waals surface area contributed by atoms with Crippen LogP contribution in [-0.4, -0.2) is 9.97 Å². The van der Waals surface area contributed by atoms with Crippen LogP contribution in [-0.2, 0) is 0 Å². The number of nitrogens with two attached hydrogens (primary N) is 1. The molecule has 4 rings (SSSR count). The number of aromatic nitrogens is 2. The number of benzene rings is 3. The second-order valence-corrected chi connectivity index (χ2v) is 6.05. The molecule has 0 spiro atoms. The number of nitrogens with zero attached hydrogens (tertiary/aromatic N) is 2. The van der Waals surface area contributed by atoms with Crippen molar-refractivity contribution in [1.29, 1.82) is 0 Å². The Morgan fingerprint density at radius 3 is 2.21 bits per heavy atom. The molecule has 0 aliphatic heterocycles. The summed E-state index contributed by atoms with van der Waals surface area (Å²) in [6.45, 7) is 0. The molecule has 1 heterocycles. The Morgan fingerprint density at radius 1 is 0.786 bits per heavy atom. The maximum absolute atomic E-state index is 14.0. The smallest absolute Gasteiger partial charge is 0.166 e. The zero-order valence-corrected chi connectivity index (χ0v) is 14.8. The van der Waals surface area contributed by atoms with E-state index in [0.717, 1.165) is 11.4 Å². The maximum Gasteiger partial charge on any atom is 0.166 e. The average molecular weight is 372 g/mol. The van der Waals surface area contributed by atoms with E-state index in [1.165, 1.54) is 6.07 Å². The normalized spacial score (nSPS) is 10.5. The van der Waals surface area contributed by atoms with E-state index in [1.807, 2.05) is 54.6 Å². The van der Waals surface area contributed by atoms with Gasteiger partial charge in [-0.1, -0.05) is 30.3 Å². The van der Waals surface area contributed by atoms with E-state index >= 15 is 0 Å². The van der Waals surface area contributed by atoms with E-state index in [0.29, 0.717) is 17.1 Å². The third-order valence-corrected chi connectivity index (χ3v) is 3.97. The molecule has 0 aliphatic rings. The number of hydrogen-bond donors (Lipinski definition) is 2. The molecule has 0 radical (unpaired) electrons. The summed E-state index contributed by atoms with van der Waals surface area (Å²) >= 11 is 0. The lowest BCUT2D eigenvalue weighted by molar-refractivity contribution is 0.483. The number of rotatable bonds is 5. The van der Waals surface area contributed by atoms with Crippen molar-refractivity contribution in [3.05, 3.63) is 90.7 Å². The van der Waals surface area contributed by atoms with Crippen LogP contribution in [0.15, 0.2) is 84.9 Å². The first-order valence-electron chi connectivity index (χ1n) is 8.67. The zero-order chi connectivity index (χ0) is 19.3. The van der Waals surface area contributed by atoms with Crippen LogP contribution >= 0.6 is 0 Å². The standard InChI is InChI=1S/C22H17FN4O/c23-19-9-5-4-8-18(19)22-26-20(24)14-21(27-22)25-15-10-12-17(13-11-15)28-16-6-2-1-3-7-16/h1-14H,(H3,24,25,26,27). The van der Waals surface area contributed by atoms with Gasteiger partial charge < -0.3 is 15.8 Å². The molecule has 3 aromatic carbocycles. The molecule has 0 fully saturated rings. The zero-order valence-electron chi connectivity index (χ0n) is 14.8. The van der Waals surface area contributed by atoms with E-state index in [2.05, 4.69) is 15.3 Å². The first-order valence-corrected chi connectivity index (χ1v) is 8.67. The Labute approximate surface area is 161 Å². The van der Waals surface area contributed by atoms with Gasteiger partial charge in [-0.15, -0.1) is 0 Å². The Balaban J connectivity index is 1.53. The Kier molecular flexibility index (Phi) is 4.84. The van der Waals surface area contributed by atoms with Gasteiger partial charge >= 0.3 is 0 Å². The second-order valence-electron chi connectivity index (χ2n) is 6.05. The van der Waals surface area contributed by atoms with Gasteiger partial charge in [0, 0.05) is 11.8 Å². The van der Waals surface area contributed by atoms with Gasteiger partial charge in [-0.3, -0.25) is 0 Å². The highest BCUT2D eigenvalue weighted by Gasteiger charge is 2.10. The molecule has 138 valence electrons. The van der Waals surface area contributed by atoms with Crippen LogP contribution in [0.2, 0.25) is 0 Å². The molecule has 0 bridgehead atoms. The van der Waals surface area contributed by atoms with Crippen molar-refractivity contribution in [1.82, 2.24) is 9.97 Å². The van der Waals surface area contributed by atoms with Crippen LogP contribution in [0.3, 0.4) is 0 Å². The molecular formula is C22H17FN4O. The van der Waals surface area contributed by atoms with Crippen molar-refractivity contribution in [2.24, 2.45) is 0 Å². The molecule has 4 aromatic rings. The monoisotopic (exact) mass is 372 g/mol. The molecule has 0 unspecified atom stereocenters. The fourth-order valence-corrected chi connectivity index (χ4v) is 2.67. The third kappa shape index (κ3) is 4.07. The summed E-state index contributed by atoms with van der Waals surface area (Å²) in [5.74, 6) is 2.03. The van der Waals surface area contributed by atoms with Crippen molar-refractivity contribution in [2.45, 2.75) is 0 Å². The lowest BCUT2D eigenvalue weighted by Gasteiger charge is -2.10. The molecular weight excluding hydrogens is 355 g/mol. The number of nitrogen functional groups attached to an aromatic ring is 1. The minimum absolute atomic E-state index is 0.227. The lowest BCUT2D eigenvalue weighted by Crippen LogP contribution is -2.01. The van der Waals surface area contributed by atoms with Gasteiger partial charge in [-0.2, -0.15) is 0 Å². The van der Waals surface area contributed by atoms with E-state index in [-0.39, 0.29) is 11.6 Å². The van der Waals surface area contributed by atoms with Gasteiger partial charge in [0.1, 0.15) is 29.0 Å². The van der Waals surface area contributed by atoms with E-state index in [4.69, 9.17) is 10.5 Å². The van der Waals surface area contributed by atoms with Crippen LogP contribution in [0.1, 0.15) is 0 Å². The van der Waals surface area contributed by atoms with Crippen molar-refractivity contribution in [3.63, 3.8) is 0 Å². The molecule has 1 aromatic heterocycles. The van der Waals surface area contributed by atoms with Gasteiger partial charge in [0.15, 0.2) is 5.82 Å². The van der Waals surface area contributed by atoms with Crippen LogP contribution in [0, 0.1) is 5.82 Å². The van der Waals surface area contributed by atoms with Crippen LogP contribution in [0.25, 0.3) is 11.4 Å². The maximum atomic E-state index is 14.0. The molecule has 28 heavy (non-hydrogen) atoms. The molecule has 0 saturated heterocycles. The molecule has 6 heteroatoms. The lowest BCUT2D eigenvalue weighted by atomic mass is 10.2. The first-order chi connectivity index (χ1) is 13.7. The number of halogens is 1. The number of ether oxygens (including phenoxy) is 1. The minimum Gasteiger partial charge on any atom is -0.457 e. The summed E-state index contributed by atoms with van der Waals surface area (Å²) in [5.41, 5.74) is 6.96. The van der Waals surface area contributed by atoms with Gasteiger partial charge in [-0.25, -0.2) is 14.4 Å². The SMILES string of the molecule is Nc1cc(Nc2ccc(Oc3ccccc3)cc2)nc(-c2ccccc2F)n1. The van der Waals surface area contributed by atoms with Crippen molar-refractivity contribution in [3.8, 4) is 22.9 Å². The highest BCUT2D eigenvalue weighted by molar-refractivity contribution is 5.65. The number of hydrogen-bond acceptors (Lipinski definition) is 5. The summed E-state index contributed by atoms with van der Waals surface area (Å²) in [6.07, 6.45) is 0. The van der Waals surface area contributed by atoms with Gasteiger partial charge in [0.05, 0.1) is 5.56 Å². The molecule has 3 N–H and O–H groups in total. The molecule has 0 aliphatic carbocycles. The van der Waals surface area contributed by atoms with Crippen LogP contribution in [0.5, 0.6) is 11.5 Å². The number of anilines is 3. The third-order valence-electron chi connectivity index (χ3n) is 3.97. The number of nitrogens with one attached hydrogen (secondary N) is 1. The average Bonchev–Trinajstić information content (AvgIpc) is 2.70. The van der Waals surface area contributed by atoms with Gasteiger partial charge in [0.2, 0.25) is 0 Å². The largest absolute Gasteiger partial charge is 0.457 e. The first kappa shape index (κ1) is 17.5. The molecule has 0 saturated carbocycles.